The summed E-state index contributed by atoms with van der Waals surface area (Å²) in [5, 5.41) is 17.2. The Hall–Kier alpha value is -1.76. The second kappa shape index (κ2) is 6.42. The van der Waals surface area contributed by atoms with Gasteiger partial charge in [-0.2, -0.15) is 0 Å². The maximum Gasteiger partial charge on any atom is 0.359 e. The lowest BCUT2D eigenvalue weighted by Gasteiger charge is -2.17. The van der Waals surface area contributed by atoms with Crippen molar-refractivity contribution in [2.24, 2.45) is 0 Å². The van der Waals surface area contributed by atoms with Crippen molar-refractivity contribution in [1.82, 2.24) is 4.98 Å². The highest BCUT2D eigenvalue weighted by Gasteiger charge is 2.31. The van der Waals surface area contributed by atoms with Gasteiger partial charge >= 0.3 is 19.5 Å². The van der Waals surface area contributed by atoms with E-state index in [1.807, 2.05) is 0 Å². The molecule has 2 unspecified atom stereocenters. The monoisotopic (exact) mass is 289 g/mol. The molecule has 0 bridgehead atoms. The highest BCUT2D eigenvalue weighted by Crippen LogP contribution is 2.42. The van der Waals surface area contributed by atoms with Gasteiger partial charge in [-0.15, -0.1) is 0 Å². The lowest BCUT2D eigenvalue weighted by Crippen LogP contribution is -2.25. The zero-order valence-corrected chi connectivity index (χ0v) is 10.6. The smallest absolute Gasteiger partial charge is 0.359 e. The van der Waals surface area contributed by atoms with E-state index in [1.165, 1.54) is 24.5 Å². The normalized spacial score (nSPS) is 15.4. The first kappa shape index (κ1) is 15.3. The topological polar surface area (TPSA) is 134 Å². The third kappa shape index (κ3) is 4.78. The third-order valence-electron chi connectivity index (χ3n) is 2.15. The second-order valence-corrected chi connectivity index (χ2v) is 5.36. The predicted octanol–water partition coefficient (Wildman–Crippen LogP) is 0.227. The Morgan fingerprint density at radius 1 is 1.32 bits per heavy atom. The largest absolute Gasteiger partial charge is 0.481 e. The molecular formula is C10H12NO7P. The van der Waals surface area contributed by atoms with E-state index in [4.69, 9.17) is 10.2 Å². The van der Waals surface area contributed by atoms with E-state index in [1.54, 1.807) is 0 Å². The molecule has 9 heteroatoms. The van der Waals surface area contributed by atoms with E-state index in [0.29, 0.717) is 0 Å². The molecule has 1 heterocycles. The number of aromatic nitrogens is 1. The number of carbonyl (C=O) groups is 2. The fourth-order valence-electron chi connectivity index (χ4n) is 1.24. The average Bonchev–Trinajstić information content (AvgIpc) is 2.35. The lowest BCUT2D eigenvalue weighted by atomic mass is 10.2. The molecule has 0 fully saturated rings. The Bertz CT molecular complexity index is 504. The molecule has 0 aromatic carbocycles. The molecule has 8 nitrogen and oxygen atoms in total. The molecule has 1 aromatic heterocycles. The van der Waals surface area contributed by atoms with Crippen molar-refractivity contribution in [3.63, 3.8) is 0 Å². The van der Waals surface area contributed by atoms with Gasteiger partial charge in [-0.3, -0.25) is 18.9 Å². The molecule has 0 saturated carbocycles. The van der Waals surface area contributed by atoms with Gasteiger partial charge in [0.25, 0.3) is 0 Å². The van der Waals surface area contributed by atoms with Crippen molar-refractivity contribution in [2.45, 2.75) is 18.9 Å². The quantitative estimate of drug-likeness (QED) is 0.607. The third-order valence-corrected chi connectivity index (χ3v) is 3.65. The summed E-state index contributed by atoms with van der Waals surface area (Å²) in [4.78, 5) is 34.5. The molecule has 104 valence electrons. The molecular weight excluding hydrogens is 277 g/mol. The number of nitrogens with zero attached hydrogens (tertiary/aromatic N) is 1. The van der Waals surface area contributed by atoms with Gasteiger partial charge in [0, 0.05) is 18.8 Å². The molecule has 3 N–H and O–H groups in total. The maximum absolute atomic E-state index is 11.9. The van der Waals surface area contributed by atoms with Crippen molar-refractivity contribution in [1.29, 1.82) is 0 Å². The summed E-state index contributed by atoms with van der Waals surface area (Å²) in [6.45, 7) is 0. The van der Waals surface area contributed by atoms with Crippen LogP contribution in [0.2, 0.25) is 0 Å². The first-order valence-electron chi connectivity index (χ1n) is 5.19. The summed E-state index contributed by atoms with van der Waals surface area (Å²) in [6, 6.07) is 2.44. The van der Waals surface area contributed by atoms with Crippen LogP contribution in [-0.4, -0.2) is 38.1 Å². The van der Waals surface area contributed by atoms with E-state index in [2.05, 4.69) is 9.51 Å². The number of hydrogen-bond donors (Lipinski definition) is 3. The van der Waals surface area contributed by atoms with Gasteiger partial charge < -0.3 is 15.1 Å². The fraction of sp³-hybridized carbons (Fsp3) is 0.300. The summed E-state index contributed by atoms with van der Waals surface area (Å²) in [7, 11) is -4.33. The molecule has 19 heavy (non-hydrogen) atoms. The van der Waals surface area contributed by atoms with E-state index in [-0.39, 0.29) is 5.30 Å². The van der Waals surface area contributed by atoms with Crippen LogP contribution >= 0.6 is 7.60 Å². The zero-order chi connectivity index (χ0) is 14.5. The van der Waals surface area contributed by atoms with Gasteiger partial charge in [-0.05, 0) is 18.6 Å². The summed E-state index contributed by atoms with van der Waals surface area (Å²) in [5.74, 6) is -2.71. The second-order valence-electron chi connectivity index (χ2n) is 3.59. The van der Waals surface area contributed by atoms with Crippen LogP contribution in [0.5, 0.6) is 0 Å². The van der Waals surface area contributed by atoms with Crippen LogP contribution in [0.1, 0.15) is 12.8 Å². The standard InChI is InChI=1S/C10H12NO7P/c12-9(13)2-1-8(10(14)15)18-19(16,17)7-3-5-11-6-4-7/h3-6,8H,1-2H2,(H,12,13)(H,14,15)(H,16,17). The molecule has 0 amide bonds. The Balaban J connectivity index is 2.81. The average molecular weight is 289 g/mol. The van der Waals surface area contributed by atoms with E-state index < -0.39 is 38.5 Å². The molecule has 0 aliphatic carbocycles. The summed E-state index contributed by atoms with van der Waals surface area (Å²) >= 11 is 0. The first-order chi connectivity index (χ1) is 8.83. The Morgan fingerprint density at radius 3 is 2.37 bits per heavy atom. The molecule has 0 aliphatic heterocycles. The molecule has 0 saturated heterocycles. The summed E-state index contributed by atoms with van der Waals surface area (Å²) in [5.41, 5.74) is 0. The minimum Gasteiger partial charge on any atom is -0.481 e. The van der Waals surface area contributed by atoms with Gasteiger partial charge in [0.15, 0.2) is 6.10 Å². The van der Waals surface area contributed by atoms with Gasteiger partial charge in [0.1, 0.15) is 0 Å². The maximum atomic E-state index is 11.9. The van der Waals surface area contributed by atoms with Crippen molar-refractivity contribution in [3.8, 4) is 0 Å². The van der Waals surface area contributed by atoms with Gasteiger partial charge in [0.2, 0.25) is 0 Å². The van der Waals surface area contributed by atoms with Crippen LogP contribution < -0.4 is 5.30 Å². The Labute approximate surface area is 108 Å². The number of aliphatic carboxylic acids is 2. The number of carboxylic acid groups (broad SMARTS) is 2. The Morgan fingerprint density at radius 2 is 1.89 bits per heavy atom. The molecule has 2 atom stereocenters. The molecule has 0 spiro atoms. The van der Waals surface area contributed by atoms with Crippen LogP contribution in [0.25, 0.3) is 0 Å². The van der Waals surface area contributed by atoms with Crippen LogP contribution in [-0.2, 0) is 18.7 Å². The van der Waals surface area contributed by atoms with Crippen molar-refractivity contribution in [3.05, 3.63) is 24.5 Å². The van der Waals surface area contributed by atoms with Crippen molar-refractivity contribution < 1.29 is 33.8 Å². The number of carboxylic acids is 2. The fourth-order valence-corrected chi connectivity index (χ4v) is 2.41. The predicted molar refractivity (Wildman–Crippen MR) is 63.1 cm³/mol. The van der Waals surface area contributed by atoms with Crippen molar-refractivity contribution >= 4 is 24.8 Å². The molecule has 0 aliphatic rings. The van der Waals surface area contributed by atoms with Gasteiger partial charge in [0.05, 0.1) is 5.30 Å². The van der Waals surface area contributed by atoms with E-state index in [9.17, 15) is 19.0 Å². The van der Waals surface area contributed by atoms with Crippen LogP contribution in [0.3, 0.4) is 0 Å². The highest BCUT2D eigenvalue weighted by atomic mass is 31.2. The Kier molecular flexibility index (Phi) is 5.17. The molecule has 1 rings (SSSR count). The summed E-state index contributed by atoms with van der Waals surface area (Å²) < 4.78 is 16.5. The van der Waals surface area contributed by atoms with Crippen LogP contribution in [0, 0.1) is 0 Å². The summed E-state index contributed by atoms with van der Waals surface area (Å²) in [6.07, 6.45) is -0.0309. The lowest BCUT2D eigenvalue weighted by molar-refractivity contribution is -0.146. The van der Waals surface area contributed by atoms with Gasteiger partial charge in [-0.1, -0.05) is 0 Å². The number of pyridine rings is 1. The first-order valence-corrected chi connectivity index (χ1v) is 6.77. The van der Waals surface area contributed by atoms with Crippen molar-refractivity contribution in [2.75, 3.05) is 0 Å². The SMILES string of the molecule is O=C(O)CCC(OP(=O)(O)c1ccncc1)C(=O)O. The molecule has 0 radical (unpaired) electrons. The van der Waals surface area contributed by atoms with E-state index >= 15 is 0 Å². The highest BCUT2D eigenvalue weighted by molar-refractivity contribution is 7.61. The van der Waals surface area contributed by atoms with Crippen LogP contribution in [0.4, 0.5) is 0 Å². The van der Waals surface area contributed by atoms with Crippen LogP contribution in [0.15, 0.2) is 24.5 Å². The number of rotatable bonds is 7. The zero-order valence-electron chi connectivity index (χ0n) is 9.67. The van der Waals surface area contributed by atoms with E-state index in [0.717, 1.165) is 0 Å². The van der Waals surface area contributed by atoms with Gasteiger partial charge in [-0.25, -0.2) is 4.79 Å². The minimum atomic E-state index is -4.33. The molecule has 1 aromatic rings. The number of hydrogen-bond acceptors (Lipinski definition) is 5. The minimum absolute atomic E-state index is 0.107.